The minimum absolute atomic E-state index is 0.0160. The van der Waals surface area contributed by atoms with E-state index in [0.29, 0.717) is 11.7 Å². The molecule has 3 rings (SSSR count). The number of hydrogen-bond donors (Lipinski definition) is 1. The lowest BCUT2D eigenvalue weighted by molar-refractivity contribution is 0.175. The van der Waals surface area contributed by atoms with Crippen molar-refractivity contribution in [3.63, 3.8) is 0 Å². The zero-order chi connectivity index (χ0) is 15.4. The highest BCUT2D eigenvalue weighted by molar-refractivity contribution is 5.63. The van der Waals surface area contributed by atoms with Gasteiger partial charge in [0.15, 0.2) is 0 Å². The lowest BCUT2D eigenvalue weighted by Gasteiger charge is -2.32. The Kier molecular flexibility index (Phi) is 4.86. The standard InChI is InChI=1S/C19H24N2O/c1-15(21-11-3-2-4-12-21)16-5-7-17(8-6-16)18-9-10-20-19(13-18)14-22/h5-10,13,15,22H,2-4,11-12,14H2,1H3/t15-/m1/s1. The predicted molar refractivity (Wildman–Crippen MR) is 89.4 cm³/mol. The van der Waals surface area contributed by atoms with Crippen molar-refractivity contribution in [2.24, 2.45) is 0 Å². The summed E-state index contributed by atoms with van der Waals surface area (Å²) >= 11 is 0. The number of aromatic nitrogens is 1. The largest absolute Gasteiger partial charge is 0.390 e. The molecule has 0 radical (unpaired) electrons. The number of hydrogen-bond acceptors (Lipinski definition) is 3. The van der Waals surface area contributed by atoms with Crippen LogP contribution in [0.15, 0.2) is 42.6 Å². The SMILES string of the molecule is C[C@H](c1ccc(-c2ccnc(CO)c2)cc1)N1CCCCC1. The van der Waals surface area contributed by atoms with E-state index in [9.17, 15) is 5.11 Å². The van der Waals surface area contributed by atoms with Crippen molar-refractivity contribution < 1.29 is 5.11 Å². The van der Waals surface area contributed by atoms with Gasteiger partial charge in [-0.05, 0) is 61.7 Å². The van der Waals surface area contributed by atoms with Crippen molar-refractivity contribution in [1.82, 2.24) is 9.88 Å². The summed E-state index contributed by atoms with van der Waals surface area (Å²) in [5, 5.41) is 9.20. The summed E-state index contributed by atoms with van der Waals surface area (Å²) < 4.78 is 0. The molecule has 0 unspecified atom stereocenters. The zero-order valence-electron chi connectivity index (χ0n) is 13.2. The third kappa shape index (κ3) is 3.37. The average Bonchev–Trinajstić information content (AvgIpc) is 2.62. The van der Waals surface area contributed by atoms with Crippen LogP contribution in [0.4, 0.5) is 0 Å². The third-order valence-corrected chi connectivity index (χ3v) is 4.64. The van der Waals surface area contributed by atoms with E-state index in [-0.39, 0.29) is 6.61 Å². The highest BCUT2D eigenvalue weighted by atomic mass is 16.3. The molecule has 1 aromatic heterocycles. The third-order valence-electron chi connectivity index (χ3n) is 4.64. The Morgan fingerprint density at radius 2 is 1.77 bits per heavy atom. The average molecular weight is 296 g/mol. The van der Waals surface area contributed by atoms with Crippen LogP contribution in [0.1, 0.15) is 43.5 Å². The van der Waals surface area contributed by atoms with Crippen LogP contribution < -0.4 is 0 Å². The number of rotatable bonds is 4. The summed E-state index contributed by atoms with van der Waals surface area (Å²) in [4.78, 5) is 6.71. The fourth-order valence-corrected chi connectivity index (χ4v) is 3.21. The van der Waals surface area contributed by atoms with Crippen LogP contribution in [0.5, 0.6) is 0 Å². The number of pyridine rings is 1. The number of aliphatic hydroxyl groups is 1. The summed E-state index contributed by atoms with van der Waals surface area (Å²) in [7, 11) is 0. The molecule has 1 atom stereocenters. The van der Waals surface area contributed by atoms with Crippen LogP contribution in [0, 0.1) is 0 Å². The first-order chi connectivity index (χ1) is 10.8. The Labute approximate surface area is 132 Å². The van der Waals surface area contributed by atoms with Gasteiger partial charge in [-0.25, -0.2) is 0 Å². The molecule has 22 heavy (non-hydrogen) atoms. The van der Waals surface area contributed by atoms with Crippen LogP contribution in [0.3, 0.4) is 0 Å². The summed E-state index contributed by atoms with van der Waals surface area (Å²) in [6.07, 6.45) is 5.77. The molecule has 2 heterocycles. The molecule has 1 aliphatic rings. The second-order valence-corrected chi connectivity index (χ2v) is 6.09. The molecule has 1 N–H and O–H groups in total. The molecule has 1 aromatic carbocycles. The maximum atomic E-state index is 9.20. The normalized spacial score (nSPS) is 17.4. The van der Waals surface area contributed by atoms with Gasteiger partial charge in [0.1, 0.15) is 0 Å². The quantitative estimate of drug-likeness (QED) is 0.932. The van der Waals surface area contributed by atoms with E-state index in [1.54, 1.807) is 6.20 Å². The predicted octanol–water partition coefficient (Wildman–Crippen LogP) is 3.79. The molecular weight excluding hydrogens is 272 g/mol. The first kappa shape index (κ1) is 15.2. The molecule has 3 heteroatoms. The van der Waals surface area contributed by atoms with Gasteiger partial charge in [-0.3, -0.25) is 9.88 Å². The fourth-order valence-electron chi connectivity index (χ4n) is 3.21. The Bertz CT molecular complexity index is 603. The van der Waals surface area contributed by atoms with Crippen LogP contribution in [-0.4, -0.2) is 28.1 Å². The highest BCUT2D eigenvalue weighted by Gasteiger charge is 2.17. The highest BCUT2D eigenvalue weighted by Crippen LogP contribution is 2.27. The number of aliphatic hydroxyl groups excluding tert-OH is 1. The molecule has 1 fully saturated rings. The van der Waals surface area contributed by atoms with E-state index in [2.05, 4.69) is 41.1 Å². The molecule has 3 nitrogen and oxygen atoms in total. The van der Waals surface area contributed by atoms with Gasteiger partial charge in [-0.1, -0.05) is 30.7 Å². The number of nitrogens with zero attached hydrogens (tertiary/aromatic N) is 2. The number of benzene rings is 1. The second kappa shape index (κ2) is 7.03. The van der Waals surface area contributed by atoms with Crippen molar-refractivity contribution in [2.75, 3.05) is 13.1 Å². The lowest BCUT2D eigenvalue weighted by Crippen LogP contribution is -2.32. The minimum atomic E-state index is -0.0160. The molecule has 0 bridgehead atoms. The van der Waals surface area contributed by atoms with Crippen molar-refractivity contribution >= 4 is 0 Å². The van der Waals surface area contributed by atoms with E-state index in [4.69, 9.17) is 0 Å². The second-order valence-electron chi connectivity index (χ2n) is 6.09. The Hall–Kier alpha value is -1.71. The maximum Gasteiger partial charge on any atom is 0.0853 e. The summed E-state index contributed by atoms with van der Waals surface area (Å²) in [6.45, 7) is 4.72. The van der Waals surface area contributed by atoms with Gasteiger partial charge in [0.25, 0.3) is 0 Å². The van der Waals surface area contributed by atoms with E-state index < -0.39 is 0 Å². The van der Waals surface area contributed by atoms with Crippen LogP contribution in [-0.2, 0) is 6.61 Å². The first-order valence-electron chi connectivity index (χ1n) is 8.18. The van der Waals surface area contributed by atoms with E-state index in [0.717, 1.165) is 5.56 Å². The zero-order valence-corrected chi connectivity index (χ0v) is 13.2. The molecule has 0 spiro atoms. The van der Waals surface area contributed by atoms with Crippen molar-refractivity contribution in [2.45, 2.75) is 38.8 Å². The summed E-state index contributed by atoms with van der Waals surface area (Å²) in [5.41, 5.74) is 4.37. The summed E-state index contributed by atoms with van der Waals surface area (Å²) in [6, 6.07) is 13.2. The minimum Gasteiger partial charge on any atom is -0.390 e. The van der Waals surface area contributed by atoms with Crippen LogP contribution in [0.2, 0.25) is 0 Å². The van der Waals surface area contributed by atoms with Gasteiger partial charge in [-0.15, -0.1) is 0 Å². The Balaban J connectivity index is 1.76. The Morgan fingerprint density at radius 1 is 1.05 bits per heavy atom. The number of likely N-dealkylation sites (tertiary alicyclic amines) is 1. The van der Waals surface area contributed by atoms with Crippen molar-refractivity contribution in [3.05, 3.63) is 53.9 Å². The van der Waals surface area contributed by atoms with Gasteiger partial charge >= 0.3 is 0 Å². The summed E-state index contributed by atoms with van der Waals surface area (Å²) in [5.74, 6) is 0. The molecule has 0 saturated carbocycles. The molecule has 1 saturated heterocycles. The Morgan fingerprint density at radius 3 is 2.45 bits per heavy atom. The molecule has 2 aromatic rings. The van der Waals surface area contributed by atoms with Gasteiger partial charge in [0.05, 0.1) is 12.3 Å². The van der Waals surface area contributed by atoms with Crippen molar-refractivity contribution in [1.29, 1.82) is 0 Å². The molecule has 0 aliphatic carbocycles. The van der Waals surface area contributed by atoms with Crippen molar-refractivity contribution in [3.8, 4) is 11.1 Å². The van der Waals surface area contributed by atoms with E-state index in [1.165, 1.54) is 43.5 Å². The van der Waals surface area contributed by atoms with Gasteiger partial charge < -0.3 is 5.11 Å². The lowest BCUT2D eigenvalue weighted by atomic mass is 9.99. The fraction of sp³-hybridized carbons (Fsp3) is 0.421. The van der Waals surface area contributed by atoms with Gasteiger partial charge in [0.2, 0.25) is 0 Å². The van der Waals surface area contributed by atoms with Crippen LogP contribution >= 0.6 is 0 Å². The van der Waals surface area contributed by atoms with E-state index in [1.807, 2.05) is 12.1 Å². The van der Waals surface area contributed by atoms with Gasteiger partial charge in [-0.2, -0.15) is 0 Å². The topological polar surface area (TPSA) is 36.4 Å². The smallest absolute Gasteiger partial charge is 0.0853 e. The molecular formula is C19H24N2O. The monoisotopic (exact) mass is 296 g/mol. The number of piperidine rings is 1. The molecule has 0 amide bonds. The van der Waals surface area contributed by atoms with E-state index >= 15 is 0 Å². The van der Waals surface area contributed by atoms with Crippen LogP contribution in [0.25, 0.3) is 11.1 Å². The molecule has 1 aliphatic heterocycles. The maximum absolute atomic E-state index is 9.20. The first-order valence-corrected chi connectivity index (χ1v) is 8.18. The molecule has 116 valence electrons. The van der Waals surface area contributed by atoms with Gasteiger partial charge in [0, 0.05) is 12.2 Å².